The molecule has 0 N–H and O–H groups in total. The minimum atomic E-state index is -0.0539. The smallest absolute Gasteiger partial charge is 0.260 e. The topological polar surface area (TPSA) is 59.1 Å². The Morgan fingerprint density at radius 1 is 0.885 bits per heavy atom. The van der Waals surface area contributed by atoms with E-state index >= 15 is 0 Å². The lowest BCUT2D eigenvalue weighted by molar-refractivity contribution is -0.141. The first-order chi connectivity index (χ1) is 12.3. The van der Waals surface area contributed by atoms with Gasteiger partial charge in [0.25, 0.3) is 5.91 Å². The van der Waals surface area contributed by atoms with Crippen molar-refractivity contribution in [1.29, 1.82) is 0 Å². The molecule has 0 unspecified atom stereocenters. The molecular formula is C20H30N2O4. The minimum absolute atomic E-state index is 0.00389. The molecule has 0 saturated carbocycles. The highest BCUT2D eigenvalue weighted by Crippen LogP contribution is 2.21. The molecule has 1 aromatic rings. The summed E-state index contributed by atoms with van der Waals surface area (Å²) in [5, 5.41) is 0. The number of amides is 2. The maximum absolute atomic E-state index is 12.3. The van der Waals surface area contributed by atoms with Crippen LogP contribution in [0.2, 0.25) is 0 Å². The third kappa shape index (κ3) is 6.24. The Kier molecular flexibility index (Phi) is 6.89. The lowest BCUT2D eigenvalue weighted by Gasteiger charge is -2.36. The Morgan fingerprint density at radius 3 is 1.81 bits per heavy atom. The molecule has 1 heterocycles. The summed E-state index contributed by atoms with van der Waals surface area (Å²) in [5.41, 5.74) is -0.0183. The van der Waals surface area contributed by atoms with Gasteiger partial charge < -0.3 is 19.3 Å². The average molecular weight is 362 g/mol. The van der Waals surface area contributed by atoms with E-state index in [4.69, 9.17) is 9.47 Å². The van der Waals surface area contributed by atoms with Crippen molar-refractivity contribution >= 4 is 11.8 Å². The average Bonchev–Trinajstić information content (AvgIpc) is 2.60. The number of carbonyl (C=O) groups is 2. The Hall–Kier alpha value is -2.24. The van der Waals surface area contributed by atoms with Crippen molar-refractivity contribution in [2.24, 2.45) is 5.41 Å². The Bertz CT molecular complexity index is 599. The highest BCUT2D eigenvalue weighted by molar-refractivity contribution is 5.79. The zero-order chi connectivity index (χ0) is 19.2. The van der Waals surface area contributed by atoms with Crippen molar-refractivity contribution < 1.29 is 19.1 Å². The maximum Gasteiger partial charge on any atom is 0.260 e. The molecule has 0 aliphatic carbocycles. The first kappa shape index (κ1) is 20.1. The van der Waals surface area contributed by atoms with Crippen LogP contribution in [-0.4, -0.2) is 61.0 Å². The van der Waals surface area contributed by atoms with Crippen LogP contribution in [0.25, 0.3) is 0 Å². The van der Waals surface area contributed by atoms with E-state index in [-0.39, 0.29) is 23.8 Å². The number of rotatable bonds is 6. The molecule has 0 spiro atoms. The zero-order valence-corrected chi connectivity index (χ0v) is 16.3. The van der Waals surface area contributed by atoms with E-state index in [9.17, 15) is 9.59 Å². The predicted molar refractivity (Wildman–Crippen MR) is 100 cm³/mol. The van der Waals surface area contributed by atoms with E-state index < -0.39 is 0 Å². The van der Waals surface area contributed by atoms with Crippen molar-refractivity contribution in [2.75, 3.05) is 39.4 Å². The summed E-state index contributed by atoms with van der Waals surface area (Å²) in [6.07, 6.45) is 0.530. The Morgan fingerprint density at radius 2 is 1.35 bits per heavy atom. The lowest BCUT2D eigenvalue weighted by Crippen LogP contribution is -2.52. The Labute approximate surface area is 156 Å². The molecule has 6 nitrogen and oxygen atoms in total. The van der Waals surface area contributed by atoms with Gasteiger partial charge in [0.15, 0.2) is 6.61 Å². The van der Waals surface area contributed by atoms with E-state index in [1.165, 1.54) is 0 Å². The standard InChI is InChI=1S/C20H30N2O4/c1-5-25-16-6-8-17(9-7-16)26-15-19(24)22-12-10-21(11-13-22)18(23)14-20(2,3)4/h6-9H,5,10-15H2,1-4H3. The van der Waals surface area contributed by atoms with Crippen molar-refractivity contribution in [3.63, 3.8) is 0 Å². The zero-order valence-electron chi connectivity index (χ0n) is 16.3. The van der Waals surface area contributed by atoms with Gasteiger partial charge in [-0.05, 0) is 36.6 Å². The molecular weight excluding hydrogens is 332 g/mol. The first-order valence-electron chi connectivity index (χ1n) is 9.20. The van der Waals surface area contributed by atoms with Crippen LogP contribution in [0.3, 0.4) is 0 Å². The fourth-order valence-corrected chi connectivity index (χ4v) is 2.81. The second kappa shape index (κ2) is 8.92. The number of hydrogen-bond acceptors (Lipinski definition) is 4. The van der Waals surface area contributed by atoms with Crippen LogP contribution in [0.1, 0.15) is 34.1 Å². The molecule has 2 amide bonds. The van der Waals surface area contributed by atoms with Gasteiger partial charge >= 0.3 is 0 Å². The van der Waals surface area contributed by atoms with E-state index in [1.807, 2.05) is 24.0 Å². The molecule has 1 aromatic carbocycles. The van der Waals surface area contributed by atoms with Crippen LogP contribution in [0.4, 0.5) is 0 Å². The van der Waals surface area contributed by atoms with Gasteiger partial charge in [-0.2, -0.15) is 0 Å². The molecule has 1 fully saturated rings. The number of benzene rings is 1. The van der Waals surface area contributed by atoms with E-state index in [0.29, 0.717) is 45.0 Å². The predicted octanol–water partition coefficient (Wildman–Crippen LogP) is 2.57. The molecule has 0 atom stereocenters. The van der Waals surface area contributed by atoms with Crippen LogP contribution < -0.4 is 9.47 Å². The summed E-state index contributed by atoms with van der Waals surface area (Å²) in [7, 11) is 0. The monoisotopic (exact) mass is 362 g/mol. The van der Waals surface area contributed by atoms with Gasteiger partial charge in [0.2, 0.25) is 5.91 Å². The fraction of sp³-hybridized carbons (Fsp3) is 0.600. The second-order valence-corrected chi connectivity index (χ2v) is 7.69. The largest absolute Gasteiger partial charge is 0.494 e. The third-order valence-corrected chi connectivity index (χ3v) is 4.16. The van der Waals surface area contributed by atoms with E-state index in [1.54, 1.807) is 17.0 Å². The second-order valence-electron chi connectivity index (χ2n) is 7.69. The highest BCUT2D eigenvalue weighted by atomic mass is 16.5. The fourth-order valence-electron chi connectivity index (χ4n) is 2.81. The SMILES string of the molecule is CCOc1ccc(OCC(=O)N2CCN(C(=O)CC(C)(C)C)CC2)cc1. The first-order valence-corrected chi connectivity index (χ1v) is 9.20. The van der Waals surface area contributed by atoms with Gasteiger partial charge in [-0.3, -0.25) is 9.59 Å². The molecule has 0 radical (unpaired) electrons. The summed E-state index contributed by atoms with van der Waals surface area (Å²) in [6, 6.07) is 7.23. The summed E-state index contributed by atoms with van der Waals surface area (Å²) < 4.78 is 10.9. The van der Waals surface area contributed by atoms with E-state index in [0.717, 1.165) is 5.75 Å². The summed E-state index contributed by atoms with van der Waals surface area (Å²) in [4.78, 5) is 28.2. The van der Waals surface area contributed by atoms with Crippen molar-refractivity contribution in [2.45, 2.75) is 34.1 Å². The summed E-state index contributed by atoms with van der Waals surface area (Å²) in [5.74, 6) is 1.53. The Balaban J connectivity index is 1.75. The minimum Gasteiger partial charge on any atom is -0.494 e. The van der Waals surface area contributed by atoms with E-state index in [2.05, 4.69) is 20.8 Å². The van der Waals surface area contributed by atoms with Crippen molar-refractivity contribution in [3.05, 3.63) is 24.3 Å². The quantitative estimate of drug-likeness (QED) is 0.780. The normalized spacial score (nSPS) is 14.9. The number of nitrogens with zero attached hydrogens (tertiary/aromatic N) is 2. The number of ether oxygens (including phenoxy) is 2. The van der Waals surface area contributed by atoms with Crippen LogP contribution in [0, 0.1) is 5.41 Å². The van der Waals surface area contributed by atoms with Crippen molar-refractivity contribution in [1.82, 2.24) is 9.80 Å². The van der Waals surface area contributed by atoms with Crippen LogP contribution in [-0.2, 0) is 9.59 Å². The lowest BCUT2D eigenvalue weighted by atomic mass is 9.91. The van der Waals surface area contributed by atoms with Gasteiger partial charge in [0.1, 0.15) is 11.5 Å². The van der Waals surface area contributed by atoms with Crippen molar-refractivity contribution in [3.8, 4) is 11.5 Å². The molecule has 26 heavy (non-hydrogen) atoms. The van der Waals surface area contributed by atoms with Gasteiger partial charge in [0.05, 0.1) is 6.61 Å². The molecule has 1 aliphatic heterocycles. The molecule has 2 rings (SSSR count). The van der Waals surface area contributed by atoms with Crippen LogP contribution in [0.5, 0.6) is 11.5 Å². The van der Waals surface area contributed by atoms with Gasteiger partial charge in [-0.1, -0.05) is 20.8 Å². The number of carbonyl (C=O) groups excluding carboxylic acids is 2. The van der Waals surface area contributed by atoms with Crippen LogP contribution >= 0.6 is 0 Å². The summed E-state index contributed by atoms with van der Waals surface area (Å²) in [6.45, 7) is 11.0. The molecule has 1 saturated heterocycles. The molecule has 0 aromatic heterocycles. The van der Waals surface area contributed by atoms with Gasteiger partial charge in [-0.25, -0.2) is 0 Å². The number of piperazine rings is 1. The van der Waals surface area contributed by atoms with Gasteiger partial charge in [0, 0.05) is 32.6 Å². The number of hydrogen-bond donors (Lipinski definition) is 0. The summed E-state index contributed by atoms with van der Waals surface area (Å²) >= 11 is 0. The highest BCUT2D eigenvalue weighted by Gasteiger charge is 2.26. The van der Waals surface area contributed by atoms with Gasteiger partial charge in [-0.15, -0.1) is 0 Å². The molecule has 0 bridgehead atoms. The molecule has 1 aliphatic rings. The third-order valence-electron chi connectivity index (χ3n) is 4.16. The maximum atomic E-state index is 12.3. The van der Waals surface area contributed by atoms with Crippen LogP contribution in [0.15, 0.2) is 24.3 Å². The molecule has 144 valence electrons. The molecule has 6 heteroatoms.